The molecule has 0 fully saturated rings. The van der Waals surface area contributed by atoms with Crippen molar-refractivity contribution in [3.63, 3.8) is 0 Å². The van der Waals surface area contributed by atoms with Gasteiger partial charge in [0, 0.05) is 23.5 Å². The zero-order valence-electron chi connectivity index (χ0n) is 16.7. The van der Waals surface area contributed by atoms with Crippen LogP contribution in [-0.2, 0) is 27.2 Å². The molecule has 0 saturated carbocycles. The molecule has 9 nitrogen and oxygen atoms in total. The smallest absolute Gasteiger partial charge is 0.322 e. The van der Waals surface area contributed by atoms with E-state index in [9.17, 15) is 19.5 Å². The number of benzene rings is 2. The molecule has 0 spiro atoms. The topological polar surface area (TPSA) is 158 Å². The number of nitrogens with one attached hydrogen (secondary N) is 3. The fraction of sp³-hybridized carbons (Fsp3) is 0.227. The van der Waals surface area contributed by atoms with Crippen LogP contribution in [0.15, 0.2) is 54.7 Å². The molecule has 3 rings (SSSR count). The maximum atomic E-state index is 12.7. The number of hydrogen-bond acceptors (Lipinski definition) is 5. The minimum absolute atomic E-state index is 0.0698. The van der Waals surface area contributed by atoms with Crippen LogP contribution in [0, 0.1) is 0 Å². The highest BCUT2D eigenvalue weighted by Crippen LogP contribution is 2.19. The summed E-state index contributed by atoms with van der Waals surface area (Å²) in [4.78, 5) is 39.1. The molecule has 2 amide bonds. The van der Waals surface area contributed by atoms with Gasteiger partial charge in [0.05, 0.1) is 6.04 Å². The predicted molar refractivity (Wildman–Crippen MR) is 114 cm³/mol. The first-order valence-electron chi connectivity index (χ1n) is 9.72. The summed E-state index contributed by atoms with van der Waals surface area (Å²) in [6.07, 6.45) is 2.17. The minimum atomic E-state index is -1.20. The summed E-state index contributed by atoms with van der Waals surface area (Å²) in [5.41, 5.74) is 8.59. The van der Waals surface area contributed by atoms with E-state index in [0.29, 0.717) is 5.56 Å². The Morgan fingerprint density at radius 1 is 1.00 bits per heavy atom. The number of H-pyrrole nitrogens is 1. The van der Waals surface area contributed by atoms with Gasteiger partial charge in [0.1, 0.15) is 18.3 Å². The molecule has 9 heteroatoms. The Morgan fingerprint density at radius 2 is 1.71 bits per heavy atom. The molecule has 3 aromatic rings. The van der Waals surface area contributed by atoms with Crippen molar-refractivity contribution < 1.29 is 24.6 Å². The largest absolute Gasteiger partial charge is 0.508 e. The molecule has 1 aromatic heterocycles. The summed E-state index contributed by atoms with van der Waals surface area (Å²) in [7, 11) is 0. The number of aromatic amines is 1. The first kappa shape index (κ1) is 21.8. The van der Waals surface area contributed by atoms with Crippen molar-refractivity contribution in [2.24, 2.45) is 5.73 Å². The van der Waals surface area contributed by atoms with Crippen LogP contribution in [0.4, 0.5) is 0 Å². The van der Waals surface area contributed by atoms with E-state index in [1.165, 1.54) is 12.1 Å². The monoisotopic (exact) mass is 424 g/mol. The van der Waals surface area contributed by atoms with Crippen molar-refractivity contribution in [1.82, 2.24) is 15.6 Å². The number of hydrogen-bond donors (Lipinski definition) is 6. The first-order chi connectivity index (χ1) is 14.8. The molecule has 0 aliphatic carbocycles. The zero-order chi connectivity index (χ0) is 22.4. The second-order valence-electron chi connectivity index (χ2n) is 7.21. The van der Waals surface area contributed by atoms with Gasteiger partial charge in [0.2, 0.25) is 11.8 Å². The van der Waals surface area contributed by atoms with Crippen LogP contribution in [0.5, 0.6) is 5.75 Å². The van der Waals surface area contributed by atoms with Gasteiger partial charge in [-0.25, -0.2) is 0 Å². The highest BCUT2D eigenvalue weighted by Gasteiger charge is 2.25. The zero-order valence-corrected chi connectivity index (χ0v) is 16.7. The number of fused-ring (bicyclic) bond motifs is 1. The van der Waals surface area contributed by atoms with E-state index in [2.05, 4.69) is 15.6 Å². The standard InChI is InChI=1S/C22H24N4O5/c23-17(10-14-11-24-18-4-2-1-3-16(14)18)21(30)26-19(22(31)25-12-20(28)29)9-13-5-7-15(27)8-6-13/h1-8,11,17,19,24,27H,9-10,12,23H2,(H,25,31)(H,26,30)(H,28,29). The summed E-state index contributed by atoms with van der Waals surface area (Å²) in [6.45, 7) is -0.567. The van der Waals surface area contributed by atoms with Gasteiger partial charge in [-0.15, -0.1) is 0 Å². The molecule has 2 aromatic carbocycles. The quantitative estimate of drug-likeness (QED) is 0.296. The Kier molecular flexibility index (Phi) is 6.88. The highest BCUT2D eigenvalue weighted by atomic mass is 16.4. The Labute approximate surface area is 178 Å². The second-order valence-corrected chi connectivity index (χ2v) is 7.21. The molecule has 0 aliphatic heterocycles. The molecular weight excluding hydrogens is 400 g/mol. The Hall–Kier alpha value is -3.85. The second kappa shape index (κ2) is 9.77. The van der Waals surface area contributed by atoms with Crippen LogP contribution in [0.1, 0.15) is 11.1 Å². The maximum absolute atomic E-state index is 12.7. The van der Waals surface area contributed by atoms with Crippen molar-refractivity contribution in [2.75, 3.05) is 6.54 Å². The summed E-state index contributed by atoms with van der Waals surface area (Å²) in [6, 6.07) is 11.9. The minimum Gasteiger partial charge on any atom is -0.508 e. The number of amides is 2. The number of carbonyl (C=O) groups excluding carboxylic acids is 2. The van der Waals surface area contributed by atoms with Crippen molar-refractivity contribution in [3.05, 3.63) is 65.9 Å². The molecule has 162 valence electrons. The van der Waals surface area contributed by atoms with Crippen LogP contribution in [0.3, 0.4) is 0 Å². The molecule has 0 aliphatic rings. The summed E-state index contributed by atoms with van der Waals surface area (Å²) >= 11 is 0. The number of carbonyl (C=O) groups is 3. The van der Waals surface area contributed by atoms with E-state index in [1.54, 1.807) is 18.3 Å². The molecule has 0 radical (unpaired) electrons. The maximum Gasteiger partial charge on any atom is 0.322 e. The normalized spacial score (nSPS) is 12.8. The molecular formula is C22H24N4O5. The molecule has 31 heavy (non-hydrogen) atoms. The van der Waals surface area contributed by atoms with Gasteiger partial charge < -0.3 is 31.6 Å². The van der Waals surface area contributed by atoms with Crippen molar-refractivity contribution in [2.45, 2.75) is 24.9 Å². The fourth-order valence-electron chi connectivity index (χ4n) is 3.27. The first-order valence-corrected chi connectivity index (χ1v) is 9.72. The number of carboxylic acid groups (broad SMARTS) is 1. The summed E-state index contributed by atoms with van der Waals surface area (Å²) in [5.74, 6) is -2.29. The van der Waals surface area contributed by atoms with Crippen LogP contribution >= 0.6 is 0 Å². The Morgan fingerprint density at radius 3 is 2.42 bits per heavy atom. The lowest BCUT2D eigenvalue weighted by Crippen LogP contribution is -2.53. The predicted octanol–water partition coefficient (Wildman–Crippen LogP) is 0.672. The van der Waals surface area contributed by atoms with Crippen LogP contribution in [0.25, 0.3) is 10.9 Å². The SMILES string of the molecule is NC(Cc1c[nH]c2ccccc12)C(=O)NC(Cc1ccc(O)cc1)C(=O)NCC(=O)O. The number of carboxylic acids is 1. The van der Waals surface area contributed by atoms with Gasteiger partial charge in [-0.1, -0.05) is 30.3 Å². The van der Waals surface area contributed by atoms with Gasteiger partial charge in [0.25, 0.3) is 0 Å². The Bertz CT molecular complexity index is 1080. The third kappa shape index (κ3) is 5.83. The lowest BCUT2D eigenvalue weighted by atomic mass is 10.0. The van der Waals surface area contributed by atoms with Crippen molar-refractivity contribution >= 4 is 28.7 Å². The highest BCUT2D eigenvalue weighted by molar-refractivity contribution is 5.92. The lowest BCUT2D eigenvalue weighted by Gasteiger charge is -2.20. The number of aromatic nitrogens is 1. The number of para-hydroxylation sites is 1. The summed E-state index contributed by atoms with van der Waals surface area (Å²) in [5, 5.41) is 24.1. The number of aromatic hydroxyl groups is 1. The van der Waals surface area contributed by atoms with Gasteiger partial charge in [-0.05, 0) is 35.7 Å². The third-order valence-corrected chi connectivity index (χ3v) is 4.87. The van der Waals surface area contributed by atoms with E-state index in [1.807, 2.05) is 24.3 Å². The average Bonchev–Trinajstić information content (AvgIpc) is 3.15. The van der Waals surface area contributed by atoms with Crippen LogP contribution in [-0.4, -0.2) is 51.6 Å². The molecule has 2 atom stereocenters. The molecule has 0 saturated heterocycles. The molecule has 7 N–H and O–H groups in total. The number of rotatable bonds is 9. The number of phenols is 1. The van der Waals surface area contributed by atoms with Crippen LogP contribution in [0.2, 0.25) is 0 Å². The molecule has 1 heterocycles. The fourth-order valence-corrected chi connectivity index (χ4v) is 3.27. The van der Waals surface area contributed by atoms with Crippen molar-refractivity contribution in [3.8, 4) is 5.75 Å². The third-order valence-electron chi connectivity index (χ3n) is 4.87. The van der Waals surface area contributed by atoms with E-state index < -0.39 is 36.4 Å². The number of nitrogens with two attached hydrogens (primary N) is 1. The molecule has 0 bridgehead atoms. The average molecular weight is 424 g/mol. The van der Waals surface area contributed by atoms with Gasteiger partial charge in [-0.2, -0.15) is 0 Å². The van der Waals surface area contributed by atoms with Crippen molar-refractivity contribution in [1.29, 1.82) is 0 Å². The van der Waals surface area contributed by atoms with E-state index >= 15 is 0 Å². The van der Waals surface area contributed by atoms with Gasteiger partial charge in [0.15, 0.2) is 0 Å². The summed E-state index contributed by atoms with van der Waals surface area (Å²) < 4.78 is 0. The van der Waals surface area contributed by atoms with E-state index in [4.69, 9.17) is 10.8 Å². The van der Waals surface area contributed by atoms with Gasteiger partial charge >= 0.3 is 5.97 Å². The van der Waals surface area contributed by atoms with E-state index in [-0.39, 0.29) is 18.6 Å². The van der Waals surface area contributed by atoms with Gasteiger partial charge in [-0.3, -0.25) is 14.4 Å². The van der Waals surface area contributed by atoms with Crippen LogP contribution < -0.4 is 16.4 Å². The Balaban J connectivity index is 1.70. The van der Waals surface area contributed by atoms with E-state index in [0.717, 1.165) is 16.5 Å². The molecule has 2 unspecified atom stereocenters. The number of phenolic OH excluding ortho intramolecular Hbond substituents is 1. The number of aliphatic carboxylic acids is 1. The lowest BCUT2D eigenvalue weighted by molar-refractivity contribution is -0.138.